The molecule has 0 saturated heterocycles. The number of nitrogens with zero attached hydrogens (tertiary/aromatic N) is 2. The summed E-state index contributed by atoms with van der Waals surface area (Å²) in [5, 5.41) is 4.09. The molecule has 0 aliphatic heterocycles. The molecule has 2 aromatic rings. The lowest BCUT2D eigenvalue weighted by atomic mass is 9.82. The van der Waals surface area contributed by atoms with Crippen LogP contribution < -0.4 is 5.73 Å². The first-order chi connectivity index (χ1) is 9.58. The van der Waals surface area contributed by atoms with Crippen LogP contribution in [0.25, 0.3) is 11.4 Å². The molecule has 0 atom stereocenters. The lowest BCUT2D eigenvalue weighted by Gasteiger charge is -2.29. The van der Waals surface area contributed by atoms with Crippen molar-refractivity contribution in [2.45, 2.75) is 44.6 Å². The second-order valence-corrected chi connectivity index (χ2v) is 6.46. The largest absolute Gasteiger partial charge is 0.337 e. The highest BCUT2D eigenvalue weighted by molar-refractivity contribution is 9.10. The predicted octanol–water partition coefficient (Wildman–Crippen LogP) is 3.93. The Morgan fingerprint density at radius 3 is 2.70 bits per heavy atom. The molecule has 0 bridgehead atoms. The molecule has 20 heavy (non-hydrogen) atoms. The zero-order chi connectivity index (χ0) is 14.2. The van der Waals surface area contributed by atoms with E-state index in [4.69, 9.17) is 10.3 Å². The molecule has 1 heterocycles. The molecular formula is C15H18BrN3O. The molecule has 0 amide bonds. The molecule has 0 unspecified atom stereocenters. The molecule has 106 valence electrons. The number of hydrogen-bond donors (Lipinski definition) is 1. The molecule has 0 radical (unpaired) electrons. The van der Waals surface area contributed by atoms with E-state index in [9.17, 15) is 0 Å². The average Bonchev–Trinajstić information content (AvgIpc) is 2.93. The number of aromatic nitrogens is 2. The van der Waals surface area contributed by atoms with E-state index >= 15 is 0 Å². The van der Waals surface area contributed by atoms with Gasteiger partial charge in [0.15, 0.2) is 0 Å². The van der Waals surface area contributed by atoms with E-state index in [1.165, 1.54) is 12.0 Å². The second-order valence-electron chi connectivity index (χ2n) is 5.60. The van der Waals surface area contributed by atoms with E-state index in [1.54, 1.807) is 0 Å². The standard InChI is InChI=1S/C15H18BrN3O/c1-10-5-6-11(9-12(10)16)13-18-14(20-19-13)15(17)7-3-2-4-8-15/h5-6,9H,2-4,7-8,17H2,1H3. The summed E-state index contributed by atoms with van der Waals surface area (Å²) in [4.78, 5) is 4.52. The minimum absolute atomic E-state index is 0.439. The Balaban J connectivity index is 1.91. The van der Waals surface area contributed by atoms with Gasteiger partial charge in [-0.3, -0.25) is 0 Å². The van der Waals surface area contributed by atoms with Crippen molar-refractivity contribution in [3.63, 3.8) is 0 Å². The van der Waals surface area contributed by atoms with E-state index in [0.29, 0.717) is 11.7 Å². The van der Waals surface area contributed by atoms with Crippen molar-refractivity contribution in [3.05, 3.63) is 34.1 Å². The maximum atomic E-state index is 6.42. The van der Waals surface area contributed by atoms with Crippen molar-refractivity contribution in [2.75, 3.05) is 0 Å². The second kappa shape index (κ2) is 5.30. The van der Waals surface area contributed by atoms with Gasteiger partial charge in [0.2, 0.25) is 11.7 Å². The van der Waals surface area contributed by atoms with E-state index < -0.39 is 5.54 Å². The summed E-state index contributed by atoms with van der Waals surface area (Å²) in [7, 11) is 0. The molecule has 1 aromatic heterocycles. The first kappa shape index (κ1) is 13.8. The molecule has 1 aliphatic rings. The van der Waals surface area contributed by atoms with Crippen molar-refractivity contribution in [1.82, 2.24) is 10.1 Å². The molecule has 0 spiro atoms. The van der Waals surface area contributed by atoms with Gasteiger partial charge in [0, 0.05) is 10.0 Å². The number of halogens is 1. The van der Waals surface area contributed by atoms with Crippen molar-refractivity contribution >= 4 is 15.9 Å². The van der Waals surface area contributed by atoms with Crippen LogP contribution in [-0.4, -0.2) is 10.1 Å². The Bertz CT molecular complexity index is 617. The van der Waals surface area contributed by atoms with Crippen molar-refractivity contribution in [2.24, 2.45) is 5.73 Å². The minimum atomic E-state index is -0.439. The third kappa shape index (κ3) is 2.52. The highest BCUT2D eigenvalue weighted by Crippen LogP contribution is 2.34. The van der Waals surface area contributed by atoms with Crippen LogP contribution in [-0.2, 0) is 5.54 Å². The van der Waals surface area contributed by atoms with Gasteiger partial charge in [-0.2, -0.15) is 4.98 Å². The SMILES string of the molecule is Cc1ccc(-c2noc(C3(N)CCCCC3)n2)cc1Br. The number of nitrogens with two attached hydrogens (primary N) is 1. The Morgan fingerprint density at radius 1 is 1.25 bits per heavy atom. The summed E-state index contributed by atoms with van der Waals surface area (Å²) in [6, 6.07) is 6.04. The molecule has 1 fully saturated rings. The quantitative estimate of drug-likeness (QED) is 0.903. The van der Waals surface area contributed by atoms with E-state index in [1.807, 2.05) is 25.1 Å². The smallest absolute Gasteiger partial charge is 0.247 e. The summed E-state index contributed by atoms with van der Waals surface area (Å²) in [5.41, 5.74) is 8.10. The van der Waals surface area contributed by atoms with E-state index in [2.05, 4.69) is 26.1 Å². The van der Waals surface area contributed by atoms with Crippen molar-refractivity contribution in [1.29, 1.82) is 0 Å². The van der Waals surface area contributed by atoms with Crippen molar-refractivity contribution in [3.8, 4) is 11.4 Å². The zero-order valence-corrected chi connectivity index (χ0v) is 13.1. The van der Waals surface area contributed by atoms with E-state index in [0.717, 1.165) is 35.7 Å². The fourth-order valence-electron chi connectivity index (χ4n) is 2.67. The summed E-state index contributed by atoms with van der Waals surface area (Å²) >= 11 is 3.53. The highest BCUT2D eigenvalue weighted by atomic mass is 79.9. The number of rotatable bonds is 2. The monoisotopic (exact) mass is 335 g/mol. The summed E-state index contributed by atoms with van der Waals surface area (Å²) in [5.74, 6) is 1.18. The Hall–Kier alpha value is -1.20. The molecule has 5 heteroatoms. The molecule has 2 N–H and O–H groups in total. The van der Waals surface area contributed by atoms with Gasteiger partial charge in [0.1, 0.15) is 0 Å². The van der Waals surface area contributed by atoms with Gasteiger partial charge in [-0.1, -0.05) is 52.5 Å². The summed E-state index contributed by atoms with van der Waals surface area (Å²) in [6.07, 6.45) is 5.35. The Kier molecular flexibility index (Phi) is 3.65. The number of benzene rings is 1. The normalized spacial score (nSPS) is 18.1. The average molecular weight is 336 g/mol. The van der Waals surface area contributed by atoms with Crippen LogP contribution >= 0.6 is 15.9 Å². The van der Waals surface area contributed by atoms with Gasteiger partial charge in [-0.25, -0.2) is 0 Å². The molecule has 4 nitrogen and oxygen atoms in total. The Labute approximate surface area is 126 Å². The number of aryl methyl sites for hydroxylation is 1. The lowest BCUT2D eigenvalue weighted by molar-refractivity contribution is 0.220. The minimum Gasteiger partial charge on any atom is -0.337 e. The van der Waals surface area contributed by atoms with Crippen LogP contribution in [0.15, 0.2) is 27.2 Å². The van der Waals surface area contributed by atoms with Gasteiger partial charge in [-0.05, 0) is 31.4 Å². The van der Waals surface area contributed by atoms with Crippen LogP contribution in [0.5, 0.6) is 0 Å². The van der Waals surface area contributed by atoms with Gasteiger partial charge >= 0.3 is 0 Å². The molecular weight excluding hydrogens is 318 g/mol. The van der Waals surface area contributed by atoms with Crippen LogP contribution in [0.3, 0.4) is 0 Å². The Morgan fingerprint density at radius 2 is 2.00 bits per heavy atom. The molecule has 1 aliphatic carbocycles. The topological polar surface area (TPSA) is 64.9 Å². The highest BCUT2D eigenvalue weighted by Gasteiger charge is 2.35. The fourth-order valence-corrected chi connectivity index (χ4v) is 3.05. The van der Waals surface area contributed by atoms with Crippen LogP contribution in [0.1, 0.15) is 43.6 Å². The maximum Gasteiger partial charge on any atom is 0.247 e. The van der Waals surface area contributed by atoms with Gasteiger partial charge < -0.3 is 10.3 Å². The third-order valence-electron chi connectivity index (χ3n) is 4.03. The van der Waals surface area contributed by atoms with Crippen LogP contribution in [0, 0.1) is 6.92 Å². The van der Waals surface area contributed by atoms with E-state index in [-0.39, 0.29) is 0 Å². The third-order valence-corrected chi connectivity index (χ3v) is 4.88. The summed E-state index contributed by atoms with van der Waals surface area (Å²) in [6.45, 7) is 2.05. The van der Waals surface area contributed by atoms with Gasteiger partial charge in [0.05, 0.1) is 5.54 Å². The van der Waals surface area contributed by atoms with Crippen LogP contribution in [0.2, 0.25) is 0 Å². The molecule has 3 rings (SSSR count). The first-order valence-electron chi connectivity index (χ1n) is 6.98. The van der Waals surface area contributed by atoms with Crippen LogP contribution in [0.4, 0.5) is 0 Å². The zero-order valence-electron chi connectivity index (χ0n) is 11.5. The molecule has 1 saturated carbocycles. The van der Waals surface area contributed by atoms with Gasteiger partial charge in [-0.15, -0.1) is 0 Å². The number of hydrogen-bond acceptors (Lipinski definition) is 4. The fraction of sp³-hybridized carbons (Fsp3) is 0.467. The van der Waals surface area contributed by atoms with Gasteiger partial charge in [0.25, 0.3) is 0 Å². The predicted molar refractivity (Wildman–Crippen MR) is 81.1 cm³/mol. The lowest BCUT2D eigenvalue weighted by Crippen LogP contribution is -2.38. The molecule has 1 aromatic carbocycles. The first-order valence-corrected chi connectivity index (χ1v) is 7.77. The maximum absolute atomic E-state index is 6.42. The summed E-state index contributed by atoms with van der Waals surface area (Å²) < 4.78 is 6.47. The van der Waals surface area contributed by atoms with Crippen molar-refractivity contribution < 1.29 is 4.52 Å².